The van der Waals surface area contributed by atoms with Crippen LogP contribution in [0.2, 0.25) is 0 Å². The van der Waals surface area contributed by atoms with Crippen molar-refractivity contribution in [1.29, 1.82) is 0 Å². The highest BCUT2D eigenvalue weighted by Crippen LogP contribution is 2.21. The number of phenolic OH excluding ortho intramolecular Hbond substituents is 1. The molecule has 1 atom stereocenters. The van der Waals surface area contributed by atoms with Crippen LogP contribution in [-0.4, -0.2) is 10.1 Å². The summed E-state index contributed by atoms with van der Waals surface area (Å²) in [5, 5.41) is 13.4. The number of halogens is 1. The Hall–Kier alpha value is -1.46. The summed E-state index contributed by atoms with van der Waals surface area (Å²) >= 11 is 1.62. The first-order chi connectivity index (χ1) is 8.56. The summed E-state index contributed by atoms with van der Waals surface area (Å²) in [6.45, 7) is 4.50. The molecule has 0 aliphatic carbocycles. The van der Waals surface area contributed by atoms with Crippen molar-refractivity contribution in [3.8, 4) is 5.75 Å². The van der Waals surface area contributed by atoms with Gasteiger partial charge in [-0.3, -0.25) is 0 Å². The summed E-state index contributed by atoms with van der Waals surface area (Å²) < 4.78 is 13.6. The fourth-order valence-electron chi connectivity index (χ4n) is 1.70. The Morgan fingerprint density at radius 2 is 2.28 bits per heavy atom. The number of aryl methyl sites for hydroxylation is 1. The van der Waals surface area contributed by atoms with E-state index in [0.29, 0.717) is 12.1 Å². The molecular weight excluding hydrogens is 251 g/mol. The van der Waals surface area contributed by atoms with Crippen molar-refractivity contribution in [2.24, 2.45) is 0 Å². The third-order valence-electron chi connectivity index (χ3n) is 2.68. The summed E-state index contributed by atoms with van der Waals surface area (Å²) in [5.74, 6) is -0.454. The first-order valence-electron chi connectivity index (χ1n) is 5.69. The number of hydrogen-bond acceptors (Lipinski definition) is 4. The molecule has 0 bridgehead atoms. The van der Waals surface area contributed by atoms with E-state index >= 15 is 0 Å². The van der Waals surface area contributed by atoms with Crippen LogP contribution < -0.4 is 5.32 Å². The van der Waals surface area contributed by atoms with Crippen molar-refractivity contribution in [2.45, 2.75) is 26.4 Å². The maximum Gasteiger partial charge on any atom is 0.131 e. The molecule has 2 aromatic rings. The largest absolute Gasteiger partial charge is 0.508 e. The fraction of sp³-hybridized carbons (Fsp3) is 0.308. The number of benzene rings is 1. The van der Waals surface area contributed by atoms with Gasteiger partial charge in [-0.25, -0.2) is 9.37 Å². The lowest BCUT2D eigenvalue weighted by molar-refractivity contribution is 0.463. The smallest absolute Gasteiger partial charge is 0.131 e. The van der Waals surface area contributed by atoms with Crippen molar-refractivity contribution < 1.29 is 9.50 Å². The van der Waals surface area contributed by atoms with Gasteiger partial charge in [-0.2, -0.15) is 0 Å². The summed E-state index contributed by atoms with van der Waals surface area (Å²) in [7, 11) is 0. The monoisotopic (exact) mass is 266 g/mol. The van der Waals surface area contributed by atoms with Crippen molar-refractivity contribution in [1.82, 2.24) is 10.3 Å². The molecule has 0 amide bonds. The molecule has 1 unspecified atom stereocenters. The Labute approximate surface area is 109 Å². The van der Waals surface area contributed by atoms with Crippen LogP contribution in [0.25, 0.3) is 0 Å². The van der Waals surface area contributed by atoms with Gasteiger partial charge in [0.05, 0.1) is 0 Å². The topological polar surface area (TPSA) is 45.2 Å². The SMILES string of the molecule is Cc1cnc(CNC(C)c2ccc(O)cc2F)s1. The Morgan fingerprint density at radius 3 is 2.89 bits per heavy atom. The molecule has 2 N–H and O–H groups in total. The van der Waals surface area contributed by atoms with Crippen LogP contribution in [0.4, 0.5) is 4.39 Å². The summed E-state index contributed by atoms with van der Waals surface area (Å²) in [6.07, 6.45) is 1.83. The van der Waals surface area contributed by atoms with Crippen molar-refractivity contribution in [3.63, 3.8) is 0 Å². The maximum absolute atomic E-state index is 13.6. The van der Waals surface area contributed by atoms with E-state index in [9.17, 15) is 4.39 Å². The van der Waals surface area contributed by atoms with Crippen LogP contribution >= 0.6 is 11.3 Å². The zero-order valence-electron chi connectivity index (χ0n) is 10.3. The molecule has 0 fully saturated rings. The fourth-order valence-corrected chi connectivity index (χ4v) is 2.44. The van der Waals surface area contributed by atoms with Crippen LogP contribution in [0, 0.1) is 12.7 Å². The van der Waals surface area contributed by atoms with Gasteiger partial charge in [0.2, 0.25) is 0 Å². The third-order valence-corrected chi connectivity index (χ3v) is 3.59. The van der Waals surface area contributed by atoms with Gasteiger partial charge in [-0.1, -0.05) is 6.07 Å². The molecule has 0 saturated heterocycles. The lowest BCUT2D eigenvalue weighted by Gasteiger charge is -2.14. The number of nitrogens with one attached hydrogen (secondary N) is 1. The number of rotatable bonds is 4. The molecule has 96 valence electrons. The number of aromatic nitrogens is 1. The molecule has 0 saturated carbocycles. The minimum absolute atomic E-state index is 0.0565. The molecule has 0 aliphatic rings. The summed E-state index contributed by atoms with van der Waals surface area (Å²) in [5.41, 5.74) is 0.543. The van der Waals surface area contributed by atoms with E-state index in [4.69, 9.17) is 5.11 Å². The van der Waals surface area contributed by atoms with Gasteiger partial charge in [0.1, 0.15) is 16.6 Å². The van der Waals surface area contributed by atoms with E-state index in [1.807, 2.05) is 20.0 Å². The van der Waals surface area contributed by atoms with Crippen molar-refractivity contribution >= 4 is 11.3 Å². The first kappa shape index (κ1) is 13.0. The summed E-state index contributed by atoms with van der Waals surface area (Å²) in [4.78, 5) is 5.40. The second kappa shape index (κ2) is 5.46. The maximum atomic E-state index is 13.6. The highest BCUT2D eigenvalue weighted by Gasteiger charge is 2.11. The van der Waals surface area contributed by atoms with E-state index in [-0.39, 0.29) is 11.8 Å². The predicted octanol–water partition coefficient (Wildman–Crippen LogP) is 3.15. The number of nitrogens with zero attached hydrogens (tertiary/aromatic N) is 1. The van der Waals surface area contributed by atoms with Gasteiger partial charge in [0.25, 0.3) is 0 Å². The van der Waals surface area contributed by atoms with E-state index in [2.05, 4.69) is 10.3 Å². The van der Waals surface area contributed by atoms with Gasteiger partial charge in [0.15, 0.2) is 0 Å². The molecule has 0 spiro atoms. The van der Waals surface area contributed by atoms with Crippen LogP contribution in [0.15, 0.2) is 24.4 Å². The molecule has 1 heterocycles. The zero-order valence-corrected chi connectivity index (χ0v) is 11.1. The average Bonchev–Trinajstić information content (AvgIpc) is 2.72. The second-order valence-corrected chi connectivity index (χ2v) is 5.49. The Morgan fingerprint density at radius 1 is 1.50 bits per heavy atom. The Kier molecular flexibility index (Phi) is 3.93. The van der Waals surface area contributed by atoms with Gasteiger partial charge in [-0.15, -0.1) is 11.3 Å². The molecule has 0 radical (unpaired) electrons. The minimum atomic E-state index is -0.398. The van der Waals surface area contributed by atoms with Crippen molar-refractivity contribution in [3.05, 3.63) is 45.7 Å². The first-order valence-corrected chi connectivity index (χ1v) is 6.51. The lowest BCUT2D eigenvalue weighted by Crippen LogP contribution is -2.18. The standard InChI is InChI=1S/C13H15FN2OS/c1-8-6-16-13(18-8)7-15-9(2)11-4-3-10(17)5-12(11)14/h3-6,9,15,17H,7H2,1-2H3. The molecule has 18 heavy (non-hydrogen) atoms. The Bertz CT molecular complexity index is 542. The molecule has 1 aromatic heterocycles. The van der Waals surface area contributed by atoms with Gasteiger partial charge in [-0.05, 0) is 19.9 Å². The lowest BCUT2D eigenvalue weighted by atomic mass is 10.1. The molecule has 5 heteroatoms. The van der Waals surface area contributed by atoms with Crippen LogP contribution in [0.5, 0.6) is 5.75 Å². The summed E-state index contributed by atoms with van der Waals surface area (Å²) in [6, 6.07) is 4.08. The number of hydrogen-bond donors (Lipinski definition) is 2. The second-order valence-electron chi connectivity index (χ2n) is 4.17. The highest BCUT2D eigenvalue weighted by molar-refractivity contribution is 7.11. The molecule has 0 aliphatic heterocycles. The van der Waals surface area contributed by atoms with E-state index < -0.39 is 5.82 Å². The normalized spacial score (nSPS) is 12.6. The number of aromatic hydroxyl groups is 1. The number of thiazole rings is 1. The average molecular weight is 266 g/mol. The molecule has 3 nitrogen and oxygen atoms in total. The van der Waals surface area contributed by atoms with Crippen LogP contribution in [-0.2, 0) is 6.54 Å². The minimum Gasteiger partial charge on any atom is -0.508 e. The Balaban J connectivity index is 2.01. The zero-order chi connectivity index (χ0) is 13.1. The van der Waals surface area contributed by atoms with Gasteiger partial charge < -0.3 is 10.4 Å². The van der Waals surface area contributed by atoms with Crippen LogP contribution in [0.1, 0.15) is 28.4 Å². The quantitative estimate of drug-likeness (QED) is 0.893. The van der Waals surface area contributed by atoms with Gasteiger partial charge >= 0.3 is 0 Å². The molecule has 2 rings (SSSR count). The van der Waals surface area contributed by atoms with E-state index in [0.717, 1.165) is 16.0 Å². The predicted molar refractivity (Wildman–Crippen MR) is 70.2 cm³/mol. The van der Waals surface area contributed by atoms with Gasteiger partial charge in [0, 0.05) is 35.3 Å². The van der Waals surface area contributed by atoms with E-state index in [1.165, 1.54) is 6.07 Å². The highest BCUT2D eigenvalue weighted by atomic mass is 32.1. The van der Waals surface area contributed by atoms with Crippen LogP contribution in [0.3, 0.4) is 0 Å². The molecular formula is C13H15FN2OS. The third kappa shape index (κ3) is 3.05. The van der Waals surface area contributed by atoms with Crippen molar-refractivity contribution in [2.75, 3.05) is 0 Å². The molecule has 1 aromatic carbocycles. The number of phenols is 1. The van der Waals surface area contributed by atoms with E-state index in [1.54, 1.807) is 17.4 Å².